The van der Waals surface area contributed by atoms with Crippen molar-refractivity contribution in [3.8, 4) is 5.75 Å². The van der Waals surface area contributed by atoms with Gasteiger partial charge in [0.15, 0.2) is 5.69 Å². The highest BCUT2D eigenvalue weighted by atomic mass is 16.5. The number of benzene rings is 2. The molecular weight excluding hydrogens is 418 g/mol. The van der Waals surface area contributed by atoms with Crippen LogP contribution in [-0.4, -0.2) is 25.6 Å². The number of aromatic nitrogens is 3. The van der Waals surface area contributed by atoms with E-state index in [1.54, 1.807) is 0 Å². The molecule has 0 unspecified atom stereocenters. The molecule has 0 atom stereocenters. The number of hydrogen-bond acceptors (Lipinski definition) is 4. The van der Waals surface area contributed by atoms with Crippen molar-refractivity contribution < 1.29 is 14.6 Å². The molecule has 2 aromatic heterocycles. The Hall–Kier alpha value is -3.87. The fourth-order valence-corrected chi connectivity index (χ4v) is 3.71. The van der Waals surface area contributed by atoms with Crippen molar-refractivity contribution in [2.45, 2.75) is 46.3 Å². The van der Waals surface area contributed by atoms with Crippen molar-refractivity contribution in [1.29, 1.82) is 0 Å². The zero-order valence-electron chi connectivity index (χ0n) is 19.3. The fraction of sp³-hybridized carbons (Fsp3) is 0.269. The van der Waals surface area contributed by atoms with Gasteiger partial charge in [0, 0.05) is 23.7 Å². The van der Waals surface area contributed by atoms with Crippen LogP contribution in [0, 0.1) is 0 Å². The molecule has 4 aromatic rings. The van der Waals surface area contributed by atoms with Crippen molar-refractivity contribution >= 4 is 16.9 Å². The summed E-state index contributed by atoms with van der Waals surface area (Å²) < 4.78 is 7.64. The molecule has 172 valence electrons. The number of para-hydroxylation sites is 1. The van der Waals surface area contributed by atoms with Crippen LogP contribution in [0.4, 0.5) is 0 Å². The Bertz CT molecular complexity index is 1290. The molecule has 0 amide bonds. The Morgan fingerprint density at radius 3 is 2.42 bits per heavy atom. The Balaban J connectivity index is 0.00000149. The minimum atomic E-state index is -1.31. The van der Waals surface area contributed by atoms with Gasteiger partial charge in [-0.15, -0.1) is 0 Å². The third-order valence-corrected chi connectivity index (χ3v) is 5.21. The number of nitrogens with one attached hydrogen (secondary N) is 1. The number of carboxylic acids is 1. The van der Waals surface area contributed by atoms with Crippen molar-refractivity contribution in [3.63, 3.8) is 0 Å². The van der Waals surface area contributed by atoms with Crippen LogP contribution in [0.25, 0.3) is 10.9 Å². The summed E-state index contributed by atoms with van der Waals surface area (Å²) in [7, 11) is 0. The number of ether oxygens (including phenoxy) is 1. The molecule has 0 saturated heterocycles. The number of rotatable bonds is 7. The largest absolute Gasteiger partial charge is 0.481 e. The van der Waals surface area contributed by atoms with Gasteiger partial charge in [-0.3, -0.25) is 4.79 Å². The lowest BCUT2D eigenvalue weighted by molar-refractivity contribution is 0.0683. The lowest BCUT2D eigenvalue weighted by atomic mass is 9.99. The van der Waals surface area contributed by atoms with Crippen LogP contribution < -0.4 is 10.3 Å². The third kappa shape index (κ3) is 5.31. The maximum absolute atomic E-state index is 12.7. The van der Waals surface area contributed by atoms with Crippen LogP contribution in [0.2, 0.25) is 0 Å². The van der Waals surface area contributed by atoms with E-state index in [0.717, 1.165) is 16.5 Å². The summed E-state index contributed by atoms with van der Waals surface area (Å²) in [6.07, 6.45) is 2.32. The smallest absolute Gasteiger partial charge is 0.358 e. The van der Waals surface area contributed by atoms with E-state index in [0.29, 0.717) is 6.42 Å². The normalized spacial score (nSPS) is 11.0. The van der Waals surface area contributed by atoms with Crippen LogP contribution >= 0.6 is 0 Å². The number of hydrogen-bond donors (Lipinski definition) is 2. The molecule has 0 aliphatic carbocycles. The van der Waals surface area contributed by atoms with E-state index in [9.17, 15) is 14.7 Å². The van der Waals surface area contributed by atoms with Gasteiger partial charge < -0.3 is 19.4 Å². The third-order valence-electron chi connectivity index (χ3n) is 5.21. The highest BCUT2D eigenvalue weighted by Gasteiger charge is 2.26. The molecule has 0 aliphatic heterocycles. The monoisotopic (exact) mass is 447 g/mol. The van der Waals surface area contributed by atoms with Crippen molar-refractivity contribution in [2.75, 3.05) is 0 Å². The minimum Gasteiger partial charge on any atom is -0.481 e. The molecule has 0 radical (unpaired) electrons. The van der Waals surface area contributed by atoms with Crippen LogP contribution in [0.5, 0.6) is 5.75 Å². The second-order valence-electron chi connectivity index (χ2n) is 8.00. The highest BCUT2D eigenvalue weighted by molar-refractivity contribution is 5.88. The Kier molecular flexibility index (Phi) is 7.33. The van der Waals surface area contributed by atoms with Gasteiger partial charge in [-0.05, 0) is 36.9 Å². The maximum atomic E-state index is 12.7. The highest BCUT2D eigenvalue weighted by Crippen LogP contribution is 2.27. The number of carboxylic acid groups (broad SMARTS) is 1. The molecule has 33 heavy (non-hydrogen) atoms. The molecule has 0 spiro atoms. The lowest BCUT2D eigenvalue weighted by Crippen LogP contribution is -2.31. The maximum Gasteiger partial charge on any atom is 0.358 e. The zero-order chi connectivity index (χ0) is 24.0. The molecule has 0 fully saturated rings. The fourth-order valence-electron chi connectivity index (χ4n) is 3.71. The number of carbonyl (C=O) groups is 1. The molecule has 7 heteroatoms. The van der Waals surface area contributed by atoms with Gasteiger partial charge in [0.05, 0.1) is 0 Å². The second-order valence-corrected chi connectivity index (χ2v) is 8.00. The number of aromatic amines is 1. The van der Waals surface area contributed by atoms with Crippen molar-refractivity contribution in [1.82, 2.24) is 14.5 Å². The molecule has 7 nitrogen and oxygen atoms in total. The van der Waals surface area contributed by atoms with Crippen LogP contribution in [0.3, 0.4) is 0 Å². The standard InChI is InChI=1S/C24H23N3O4.C2H6/c1-24(2,27-13-12-17-10-6-7-11-18(17)27)14-19-25-20(23(29)30)21(22(28)26-19)31-15-16-8-4-3-5-9-16;1-2/h3-13H,14-15H2,1-2H3,(H,29,30)(H,25,26,28);1-2H3. The molecule has 2 heterocycles. The summed E-state index contributed by atoms with van der Waals surface area (Å²) in [6.45, 7) is 8.10. The van der Waals surface area contributed by atoms with E-state index in [-0.39, 0.29) is 23.9 Å². The topological polar surface area (TPSA) is 97.2 Å². The van der Waals surface area contributed by atoms with E-state index < -0.39 is 17.1 Å². The summed E-state index contributed by atoms with van der Waals surface area (Å²) >= 11 is 0. The average molecular weight is 448 g/mol. The lowest BCUT2D eigenvalue weighted by Gasteiger charge is -2.28. The van der Waals surface area contributed by atoms with E-state index >= 15 is 0 Å². The summed E-state index contributed by atoms with van der Waals surface area (Å²) in [5.41, 5.74) is 0.426. The predicted octanol–water partition coefficient (Wildman–Crippen LogP) is 5.01. The van der Waals surface area contributed by atoms with Crippen LogP contribution in [0.1, 0.15) is 49.6 Å². The summed E-state index contributed by atoms with van der Waals surface area (Å²) in [6, 6.07) is 19.2. The van der Waals surface area contributed by atoms with Gasteiger partial charge in [0.2, 0.25) is 5.75 Å². The van der Waals surface area contributed by atoms with Gasteiger partial charge in [0.25, 0.3) is 5.56 Å². The number of fused-ring (bicyclic) bond motifs is 1. The van der Waals surface area contributed by atoms with Crippen LogP contribution in [0.15, 0.2) is 71.7 Å². The van der Waals surface area contributed by atoms with E-state index in [1.807, 2.05) is 94.6 Å². The van der Waals surface area contributed by atoms with Crippen LogP contribution in [-0.2, 0) is 18.6 Å². The van der Waals surface area contributed by atoms with Gasteiger partial charge >= 0.3 is 5.97 Å². The van der Waals surface area contributed by atoms with E-state index in [4.69, 9.17) is 4.74 Å². The molecule has 0 saturated carbocycles. The molecular formula is C26H29N3O4. The molecule has 2 N–H and O–H groups in total. The van der Waals surface area contributed by atoms with Gasteiger partial charge in [-0.1, -0.05) is 62.4 Å². The zero-order valence-corrected chi connectivity index (χ0v) is 19.3. The Labute approximate surface area is 192 Å². The van der Waals surface area contributed by atoms with Gasteiger partial charge in [-0.25, -0.2) is 9.78 Å². The summed E-state index contributed by atoms with van der Waals surface area (Å²) in [4.78, 5) is 31.4. The minimum absolute atomic E-state index is 0.0755. The molecule has 2 aromatic carbocycles. The number of nitrogens with zero attached hydrogens (tertiary/aromatic N) is 2. The summed E-state index contributed by atoms with van der Waals surface area (Å²) in [5, 5.41) is 10.7. The Morgan fingerprint density at radius 1 is 1.06 bits per heavy atom. The van der Waals surface area contributed by atoms with E-state index in [1.165, 1.54) is 0 Å². The van der Waals surface area contributed by atoms with Crippen molar-refractivity contribution in [2.24, 2.45) is 0 Å². The second kappa shape index (κ2) is 10.2. The molecule has 0 aliphatic rings. The summed E-state index contributed by atoms with van der Waals surface area (Å²) in [5.74, 6) is -1.30. The van der Waals surface area contributed by atoms with Crippen molar-refractivity contribution in [3.05, 3.63) is 94.3 Å². The van der Waals surface area contributed by atoms with Gasteiger partial charge in [0.1, 0.15) is 12.4 Å². The Morgan fingerprint density at radius 2 is 1.73 bits per heavy atom. The first kappa shape index (κ1) is 23.8. The number of aromatic carboxylic acids is 1. The quantitative estimate of drug-likeness (QED) is 0.415. The van der Waals surface area contributed by atoms with Gasteiger partial charge in [-0.2, -0.15) is 0 Å². The molecule has 4 rings (SSSR count). The first-order chi connectivity index (χ1) is 15.8. The SMILES string of the molecule is CC.CC(C)(Cc1nc(C(=O)O)c(OCc2ccccc2)c(=O)[nH]1)n1ccc2ccccc21. The number of H-pyrrole nitrogens is 1. The molecule has 0 bridgehead atoms. The first-order valence-corrected chi connectivity index (χ1v) is 10.9. The predicted molar refractivity (Wildman–Crippen MR) is 129 cm³/mol. The van der Waals surface area contributed by atoms with E-state index in [2.05, 4.69) is 14.5 Å². The first-order valence-electron chi connectivity index (χ1n) is 10.9. The average Bonchev–Trinajstić information content (AvgIpc) is 3.25.